The van der Waals surface area contributed by atoms with Gasteiger partial charge in [-0.1, -0.05) is 65.6 Å². The van der Waals surface area contributed by atoms with Gasteiger partial charge < -0.3 is 5.73 Å². The molecule has 4 aromatic rings. The number of amides is 1. The number of nitrogens with zero attached hydrogens (tertiary/aromatic N) is 3. The molecule has 2 heterocycles. The van der Waals surface area contributed by atoms with E-state index in [1.165, 1.54) is 11.8 Å². The van der Waals surface area contributed by atoms with Gasteiger partial charge in [-0.25, -0.2) is 0 Å². The molecule has 0 fully saturated rings. The summed E-state index contributed by atoms with van der Waals surface area (Å²) in [5, 5.41) is 8.63. The van der Waals surface area contributed by atoms with Gasteiger partial charge in [0.2, 0.25) is 10.9 Å². The summed E-state index contributed by atoms with van der Waals surface area (Å²) in [5.74, 6) is -0.391. The van der Waals surface area contributed by atoms with Gasteiger partial charge >= 0.3 is 0 Å². The Balaban J connectivity index is 1.81. The Morgan fingerprint density at radius 1 is 1.09 bits per heavy atom. The van der Waals surface area contributed by atoms with E-state index in [0.29, 0.717) is 5.16 Å². The highest BCUT2D eigenvalue weighted by molar-refractivity contribution is 8.00. The SMILES string of the molecule is NC(=O)C(Sc1nnc2sc3ccccc3n12)c1ccccc1. The van der Waals surface area contributed by atoms with Crippen LogP contribution in [0.25, 0.3) is 15.2 Å². The number of fused-ring (bicyclic) bond motifs is 3. The molecular formula is C16H12N4OS2. The van der Waals surface area contributed by atoms with Crippen LogP contribution in [0.4, 0.5) is 0 Å². The zero-order chi connectivity index (χ0) is 15.8. The van der Waals surface area contributed by atoms with E-state index in [4.69, 9.17) is 5.73 Å². The van der Waals surface area contributed by atoms with Crippen molar-refractivity contribution >= 4 is 44.2 Å². The predicted molar refractivity (Wildman–Crippen MR) is 92.6 cm³/mol. The largest absolute Gasteiger partial charge is 0.368 e. The standard InChI is InChI=1S/C16H12N4OS2/c17-14(21)13(10-6-2-1-3-7-10)23-16-19-18-15-20(16)11-8-4-5-9-12(11)22-15/h1-9,13H,(H2,17,21). The lowest BCUT2D eigenvalue weighted by Crippen LogP contribution is -2.19. The molecule has 5 nitrogen and oxygen atoms in total. The van der Waals surface area contributed by atoms with Gasteiger partial charge in [0.25, 0.3) is 0 Å². The van der Waals surface area contributed by atoms with Gasteiger partial charge in [0, 0.05) is 0 Å². The molecule has 23 heavy (non-hydrogen) atoms. The number of carbonyl (C=O) groups excluding carboxylic acids is 1. The molecule has 114 valence electrons. The first kappa shape index (κ1) is 14.2. The fraction of sp³-hybridized carbons (Fsp3) is 0.0625. The number of para-hydroxylation sites is 1. The van der Waals surface area contributed by atoms with Crippen molar-refractivity contribution in [3.05, 3.63) is 60.2 Å². The maximum atomic E-state index is 11.9. The van der Waals surface area contributed by atoms with Crippen molar-refractivity contribution in [2.75, 3.05) is 0 Å². The fourth-order valence-electron chi connectivity index (χ4n) is 2.46. The van der Waals surface area contributed by atoms with Gasteiger partial charge in [-0.3, -0.25) is 9.20 Å². The smallest absolute Gasteiger partial charge is 0.235 e. The van der Waals surface area contributed by atoms with Crippen molar-refractivity contribution < 1.29 is 4.79 Å². The summed E-state index contributed by atoms with van der Waals surface area (Å²) in [6, 6.07) is 17.5. The molecule has 2 aromatic heterocycles. The summed E-state index contributed by atoms with van der Waals surface area (Å²) in [6.45, 7) is 0. The number of nitrogens with two attached hydrogens (primary N) is 1. The van der Waals surface area contributed by atoms with Gasteiger partial charge in [-0.2, -0.15) is 0 Å². The van der Waals surface area contributed by atoms with Crippen LogP contribution in [-0.4, -0.2) is 20.5 Å². The van der Waals surface area contributed by atoms with Crippen LogP contribution in [0.2, 0.25) is 0 Å². The van der Waals surface area contributed by atoms with Gasteiger partial charge in [0.1, 0.15) is 5.25 Å². The summed E-state index contributed by atoms with van der Waals surface area (Å²) in [4.78, 5) is 12.7. The molecule has 4 rings (SSSR count). The Morgan fingerprint density at radius 3 is 2.61 bits per heavy atom. The quantitative estimate of drug-likeness (QED) is 0.579. The third kappa shape index (κ3) is 2.47. The first-order chi connectivity index (χ1) is 11.2. The molecule has 0 aliphatic rings. The second-order valence-electron chi connectivity index (χ2n) is 4.98. The van der Waals surface area contributed by atoms with Crippen molar-refractivity contribution in [2.24, 2.45) is 5.73 Å². The lowest BCUT2D eigenvalue weighted by atomic mass is 10.1. The second-order valence-corrected chi connectivity index (χ2v) is 7.06. The van der Waals surface area contributed by atoms with Crippen molar-refractivity contribution in [3.63, 3.8) is 0 Å². The van der Waals surface area contributed by atoms with E-state index in [-0.39, 0.29) is 0 Å². The van der Waals surface area contributed by atoms with E-state index in [1.807, 2.05) is 59.0 Å². The second kappa shape index (κ2) is 5.68. The normalized spacial score (nSPS) is 12.7. The number of aromatic nitrogens is 3. The summed E-state index contributed by atoms with van der Waals surface area (Å²) in [6.07, 6.45) is 0. The van der Waals surface area contributed by atoms with Gasteiger partial charge in [0.15, 0.2) is 5.16 Å². The monoisotopic (exact) mass is 340 g/mol. The molecule has 2 N–H and O–H groups in total. The molecule has 0 aliphatic carbocycles. The van der Waals surface area contributed by atoms with Crippen molar-refractivity contribution in [1.29, 1.82) is 0 Å². The van der Waals surface area contributed by atoms with Gasteiger partial charge in [0.05, 0.1) is 10.2 Å². The first-order valence-electron chi connectivity index (χ1n) is 6.97. The molecule has 0 saturated carbocycles. The molecule has 0 saturated heterocycles. The maximum Gasteiger partial charge on any atom is 0.235 e. The minimum atomic E-state index is -0.498. The molecule has 0 spiro atoms. The van der Waals surface area contributed by atoms with Gasteiger partial charge in [-0.15, -0.1) is 10.2 Å². The molecule has 1 unspecified atom stereocenters. The number of rotatable bonds is 4. The average molecular weight is 340 g/mol. The van der Waals surface area contributed by atoms with Crippen LogP contribution < -0.4 is 5.73 Å². The van der Waals surface area contributed by atoms with E-state index in [0.717, 1.165) is 20.7 Å². The highest BCUT2D eigenvalue weighted by Gasteiger charge is 2.23. The number of thiazole rings is 1. The third-order valence-corrected chi connectivity index (χ3v) is 5.72. The third-order valence-electron chi connectivity index (χ3n) is 3.50. The van der Waals surface area contributed by atoms with Crippen molar-refractivity contribution in [2.45, 2.75) is 10.4 Å². The Hall–Kier alpha value is -2.38. The Kier molecular flexibility index (Phi) is 3.51. The molecule has 7 heteroatoms. The molecule has 0 bridgehead atoms. The highest BCUT2D eigenvalue weighted by Crippen LogP contribution is 2.37. The zero-order valence-corrected chi connectivity index (χ0v) is 13.6. The zero-order valence-electron chi connectivity index (χ0n) is 11.9. The number of carbonyl (C=O) groups is 1. The molecule has 0 radical (unpaired) electrons. The minimum absolute atomic E-state index is 0.391. The summed E-state index contributed by atoms with van der Waals surface area (Å²) in [7, 11) is 0. The van der Waals surface area contributed by atoms with Gasteiger partial charge in [-0.05, 0) is 17.7 Å². The molecule has 1 atom stereocenters. The maximum absolute atomic E-state index is 11.9. The minimum Gasteiger partial charge on any atom is -0.368 e. The molecule has 0 aliphatic heterocycles. The fourth-order valence-corrected chi connectivity index (χ4v) is 4.48. The van der Waals surface area contributed by atoms with Crippen LogP contribution >= 0.6 is 23.1 Å². The van der Waals surface area contributed by atoms with E-state index in [9.17, 15) is 4.79 Å². The number of primary amides is 1. The van der Waals surface area contributed by atoms with Crippen LogP contribution in [0.1, 0.15) is 10.8 Å². The van der Waals surface area contributed by atoms with E-state index in [1.54, 1.807) is 11.3 Å². The number of hydrogen-bond donors (Lipinski definition) is 1. The molecule has 2 aromatic carbocycles. The average Bonchev–Trinajstić information content (AvgIpc) is 3.12. The summed E-state index contributed by atoms with van der Waals surface area (Å²) < 4.78 is 3.11. The van der Waals surface area contributed by atoms with E-state index in [2.05, 4.69) is 10.2 Å². The number of benzene rings is 2. The lowest BCUT2D eigenvalue weighted by molar-refractivity contribution is -0.117. The van der Waals surface area contributed by atoms with Crippen LogP contribution in [-0.2, 0) is 4.79 Å². The van der Waals surface area contributed by atoms with E-state index >= 15 is 0 Å². The Labute approximate surface area is 140 Å². The van der Waals surface area contributed by atoms with E-state index < -0.39 is 11.2 Å². The van der Waals surface area contributed by atoms with Crippen LogP contribution in [0.15, 0.2) is 59.8 Å². The number of thioether (sulfide) groups is 1. The Morgan fingerprint density at radius 2 is 1.83 bits per heavy atom. The molecular weight excluding hydrogens is 328 g/mol. The van der Waals surface area contributed by atoms with Crippen molar-refractivity contribution in [3.8, 4) is 0 Å². The predicted octanol–water partition coefficient (Wildman–Crippen LogP) is 3.26. The first-order valence-corrected chi connectivity index (χ1v) is 8.67. The van der Waals surface area contributed by atoms with Crippen LogP contribution in [0.5, 0.6) is 0 Å². The summed E-state index contributed by atoms with van der Waals surface area (Å²) >= 11 is 2.90. The van der Waals surface area contributed by atoms with Crippen molar-refractivity contribution in [1.82, 2.24) is 14.6 Å². The molecule has 1 amide bonds. The van der Waals surface area contributed by atoms with Crippen LogP contribution in [0, 0.1) is 0 Å². The summed E-state index contributed by atoms with van der Waals surface area (Å²) in [5.41, 5.74) is 7.50. The number of hydrogen-bond acceptors (Lipinski definition) is 5. The lowest BCUT2D eigenvalue weighted by Gasteiger charge is -2.11. The highest BCUT2D eigenvalue weighted by atomic mass is 32.2. The topological polar surface area (TPSA) is 73.3 Å². The Bertz CT molecular complexity index is 993. The van der Waals surface area contributed by atoms with Crippen LogP contribution in [0.3, 0.4) is 0 Å².